The van der Waals surface area contributed by atoms with Gasteiger partial charge in [0.1, 0.15) is 5.60 Å². The van der Waals surface area contributed by atoms with Gasteiger partial charge in [-0.2, -0.15) is 21.6 Å². The summed E-state index contributed by atoms with van der Waals surface area (Å²) in [6.07, 6.45) is -1.68. The van der Waals surface area contributed by atoms with E-state index in [-0.39, 0.29) is 25.9 Å². The van der Waals surface area contributed by atoms with Crippen molar-refractivity contribution >= 4 is 16.2 Å². The van der Waals surface area contributed by atoms with Crippen molar-refractivity contribution < 1.29 is 35.3 Å². The van der Waals surface area contributed by atoms with E-state index in [1.165, 1.54) is 4.90 Å². The largest absolute Gasteiger partial charge is 0.523 e. The van der Waals surface area contributed by atoms with E-state index in [9.17, 15) is 26.4 Å². The highest BCUT2D eigenvalue weighted by Crippen LogP contribution is 2.28. The third-order valence-corrected chi connectivity index (χ3v) is 3.73. The summed E-state index contributed by atoms with van der Waals surface area (Å²) in [5, 5.41) is 0. The molecular formula is C11H18F3NO5S. The van der Waals surface area contributed by atoms with Crippen LogP contribution >= 0.6 is 0 Å². The quantitative estimate of drug-likeness (QED) is 0.572. The lowest BCUT2D eigenvalue weighted by Crippen LogP contribution is -2.44. The van der Waals surface area contributed by atoms with Crippen LogP contribution in [0.15, 0.2) is 0 Å². The Labute approximate surface area is 121 Å². The van der Waals surface area contributed by atoms with Crippen LogP contribution in [0.25, 0.3) is 0 Å². The zero-order chi connectivity index (χ0) is 16.5. The van der Waals surface area contributed by atoms with Gasteiger partial charge in [0.15, 0.2) is 0 Å². The Bertz CT molecular complexity index is 475. The van der Waals surface area contributed by atoms with Gasteiger partial charge in [0.05, 0.1) is 6.10 Å². The molecule has 0 aromatic heterocycles. The Morgan fingerprint density at radius 3 is 2.00 bits per heavy atom. The molecule has 1 fully saturated rings. The maximum Gasteiger partial charge on any atom is 0.523 e. The molecule has 1 aliphatic heterocycles. The second kappa shape index (κ2) is 5.99. The summed E-state index contributed by atoms with van der Waals surface area (Å²) in [5.74, 6) is 0. The molecule has 0 aromatic carbocycles. The fourth-order valence-electron chi connectivity index (χ4n) is 1.69. The van der Waals surface area contributed by atoms with Crippen LogP contribution in [-0.2, 0) is 19.0 Å². The Kier molecular flexibility index (Phi) is 5.14. The monoisotopic (exact) mass is 333 g/mol. The Morgan fingerprint density at radius 1 is 1.14 bits per heavy atom. The van der Waals surface area contributed by atoms with Crippen LogP contribution in [0.1, 0.15) is 33.6 Å². The van der Waals surface area contributed by atoms with Gasteiger partial charge in [-0.25, -0.2) is 4.79 Å². The molecule has 124 valence electrons. The molecule has 1 heterocycles. The van der Waals surface area contributed by atoms with Crippen molar-refractivity contribution in [3.8, 4) is 0 Å². The van der Waals surface area contributed by atoms with Crippen molar-refractivity contribution in [2.75, 3.05) is 13.1 Å². The van der Waals surface area contributed by atoms with Gasteiger partial charge in [0, 0.05) is 13.1 Å². The lowest BCUT2D eigenvalue weighted by atomic mass is 10.1. The number of rotatable bonds is 2. The van der Waals surface area contributed by atoms with Crippen LogP contribution < -0.4 is 0 Å². The molecule has 0 aromatic rings. The summed E-state index contributed by atoms with van der Waals surface area (Å²) in [5.41, 5.74) is -6.11. The topological polar surface area (TPSA) is 72.9 Å². The average Bonchev–Trinajstić information content (AvgIpc) is 2.25. The molecule has 1 rings (SSSR count). The third kappa shape index (κ3) is 5.34. The van der Waals surface area contributed by atoms with E-state index < -0.39 is 33.4 Å². The number of halogens is 3. The number of hydrogen-bond donors (Lipinski definition) is 0. The molecule has 0 spiro atoms. The standard InChI is InChI=1S/C11H18F3NO5S/c1-10(2,3)19-9(16)15-6-4-8(5-7-15)20-21(17,18)11(12,13)14/h8H,4-7H2,1-3H3. The summed E-state index contributed by atoms with van der Waals surface area (Å²) in [6, 6.07) is 0. The van der Waals surface area contributed by atoms with Gasteiger partial charge in [-0.15, -0.1) is 0 Å². The van der Waals surface area contributed by atoms with Crippen LogP contribution in [0.4, 0.5) is 18.0 Å². The van der Waals surface area contributed by atoms with Gasteiger partial charge in [0.2, 0.25) is 0 Å². The smallest absolute Gasteiger partial charge is 0.444 e. The molecule has 1 aliphatic rings. The summed E-state index contributed by atoms with van der Waals surface area (Å²) >= 11 is 0. The van der Waals surface area contributed by atoms with E-state index in [0.29, 0.717) is 0 Å². The van der Waals surface area contributed by atoms with Gasteiger partial charge in [-0.1, -0.05) is 0 Å². The number of alkyl halides is 3. The van der Waals surface area contributed by atoms with Crippen LogP contribution in [-0.4, -0.2) is 49.7 Å². The zero-order valence-corrected chi connectivity index (χ0v) is 12.8. The van der Waals surface area contributed by atoms with Gasteiger partial charge >= 0.3 is 21.7 Å². The fraction of sp³-hybridized carbons (Fsp3) is 0.909. The lowest BCUT2D eigenvalue weighted by Gasteiger charge is -2.33. The number of hydrogen-bond acceptors (Lipinski definition) is 5. The number of ether oxygens (including phenoxy) is 1. The van der Waals surface area contributed by atoms with Gasteiger partial charge in [-0.3, -0.25) is 4.18 Å². The van der Waals surface area contributed by atoms with E-state index in [2.05, 4.69) is 4.18 Å². The Morgan fingerprint density at radius 2 is 1.62 bits per heavy atom. The number of likely N-dealkylation sites (tertiary alicyclic amines) is 1. The first kappa shape index (κ1) is 18.0. The van der Waals surface area contributed by atoms with E-state index in [1.807, 2.05) is 0 Å². The SMILES string of the molecule is CC(C)(C)OC(=O)N1CCC(OS(=O)(=O)C(F)(F)F)CC1. The third-order valence-electron chi connectivity index (χ3n) is 2.64. The maximum atomic E-state index is 12.2. The Balaban J connectivity index is 2.52. The highest BCUT2D eigenvalue weighted by atomic mass is 32.2. The highest BCUT2D eigenvalue weighted by molar-refractivity contribution is 7.87. The normalized spacial score (nSPS) is 18.7. The first-order chi connectivity index (χ1) is 9.32. The predicted molar refractivity (Wildman–Crippen MR) is 66.9 cm³/mol. The first-order valence-electron chi connectivity index (χ1n) is 6.29. The second-order valence-electron chi connectivity index (χ2n) is 5.66. The second-order valence-corrected chi connectivity index (χ2v) is 7.23. The first-order valence-corrected chi connectivity index (χ1v) is 7.70. The molecule has 6 nitrogen and oxygen atoms in total. The van der Waals surface area contributed by atoms with Crippen LogP contribution in [0, 0.1) is 0 Å². The van der Waals surface area contributed by atoms with Crippen LogP contribution in [0.3, 0.4) is 0 Å². The summed E-state index contributed by atoms with van der Waals surface area (Å²) in [7, 11) is -5.60. The van der Waals surface area contributed by atoms with Crippen molar-refractivity contribution in [1.29, 1.82) is 0 Å². The molecule has 0 aliphatic carbocycles. The van der Waals surface area contributed by atoms with Crippen molar-refractivity contribution in [2.24, 2.45) is 0 Å². The van der Waals surface area contributed by atoms with Crippen LogP contribution in [0.2, 0.25) is 0 Å². The van der Waals surface area contributed by atoms with Gasteiger partial charge in [-0.05, 0) is 33.6 Å². The summed E-state index contributed by atoms with van der Waals surface area (Å²) < 4.78 is 67.5. The van der Waals surface area contributed by atoms with Crippen LogP contribution in [0.5, 0.6) is 0 Å². The van der Waals surface area contributed by atoms with E-state index in [1.54, 1.807) is 20.8 Å². The molecule has 21 heavy (non-hydrogen) atoms. The lowest BCUT2D eigenvalue weighted by molar-refractivity contribution is -0.0597. The van der Waals surface area contributed by atoms with E-state index >= 15 is 0 Å². The minimum Gasteiger partial charge on any atom is -0.444 e. The van der Waals surface area contributed by atoms with Gasteiger partial charge < -0.3 is 9.64 Å². The van der Waals surface area contributed by atoms with E-state index in [4.69, 9.17) is 4.74 Å². The van der Waals surface area contributed by atoms with Crippen molar-refractivity contribution in [3.05, 3.63) is 0 Å². The molecule has 10 heteroatoms. The molecule has 1 saturated heterocycles. The van der Waals surface area contributed by atoms with E-state index in [0.717, 1.165) is 0 Å². The van der Waals surface area contributed by atoms with Crippen molar-refractivity contribution in [2.45, 2.75) is 50.8 Å². The van der Waals surface area contributed by atoms with Crippen molar-refractivity contribution in [3.63, 3.8) is 0 Å². The minimum absolute atomic E-state index is 0.00540. The molecule has 0 N–H and O–H groups in total. The highest BCUT2D eigenvalue weighted by Gasteiger charge is 2.48. The van der Waals surface area contributed by atoms with Gasteiger partial charge in [0.25, 0.3) is 0 Å². The maximum absolute atomic E-state index is 12.2. The molecule has 0 saturated carbocycles. The average molecular weight is 333 g/mol. The molecule has 0 atom stereocenters. The number of carbonyl (C=O) groups is 1. The minimum atomic E-state index is -5.60. The number of carbonyl (C=O) groups excluding carboxylic acids is 1. The number of nitrogens with zero attached hydrogens (tertiary/aromatic N) is 1. The predicted octanol–water partition coefficient (Wildman–Crippen LogP) is 2.25. The molecule has 0 bridgehead atoms. The summed E-state index contributed by atoms with van der Waals surface area (Å²) in [6.45, 7) is 5.23. The van der Waals surface area contributed by atoms with Crippen molar-refractivity contribution in [1.82, 2.24) is 4.90 Å². The molecule has 0 unspecified atom stereocenters. The fourth-order valence-corrected chi connectivity index (χ4v) is 2.35. The Hall–Kier alpha value is -1.03. The molecule has 1 amide bonds. The number of piperidine rings is 1. The summed E-state index contributed by atoms with van der Waals surface area (Å²) in [4.78, 5) is 13.0. The zero-order valence-electron chi connectivity index (χ0n) is 11.9. The molecular weight excluding hydrogens is 315 g/mol. The molecule has 0 radical (unpaired) electrons. The number of amides is 1.